The van der Waals surface area contributed by atoms with Gasteiger partial charge in [0.25, 0.3) is 11.8 Å². The van der Waals surface area contributed by atoms with Crippen LogP contribution in [-0.2, 0) is 16.1 Å². The summed E-state index contributed by atoms with van der Waals surface area (Å²) in [6.45, 7) is 7.30. The lowest BCUT2D eigenvalue weighted by atomic mass is 9.94. The van der Waals surface area contributed by atoms with E-state index in [1.165, 1.54) is 6.42 Å². The number of carbonyl (C=O) groups excluding carboxylic acids is 4. The molecule has 1 atom stereocenters. The highest BCUT2D eigenvalue weighted by atomic mass is 16.2. The number of imide groups is 1. The Labute approximate surface area is 318 Å². The van der Waals surface area contributed by atoms with Crippen molar-refractivity contribution in [2.45, 2.75) is 76.4 Å². The van der Waals surface area contributed by atoms with Gasteiger partial charge in [-0.3, -0.25) is 34.3 Å². The van der Waals surface area contributed by atoms with Gasteiger partial charge in [0.1, 0.15) is 6.04 Å². The van der Waals surface area contributed by atoms with Gasteiger partial charge in [0.05, 0.1) is 22.9 Å². The third kappa shape index (κ3) is 7.10. The fourth-order valence-corrected chi connectivity index (χ4v) is 9.17. The fraction of sp³-hybridized carbons (Fsp3) is 0.513. The van der Waals surface area contributed by atoms with E-state index in [1.807, 2.05) is 18.2 Å². The topological polar surface area (TPSA) is 191 Å². The summed E-state index contributed by atoms with van der Waals surface area (Å²) in [6, 6.07) is 9.97. The Bertz CT molecular complexity index is 2120. The van der Waals surface area contributed by atoms with Crippen LogP contribution < -0.4 is 26.2 Å². The second-order valence-corrected chi connectivity index (χ2v) is 15.8. The highest BCUT2D eigenvalue weighted by Gasteiger charge is 2.39. The normalized spacial score (nSPS) is 21.7. The van der Waals surface area contributed by atoms with Gasteiger partial charge in [-0.15, -0.1) is 5.10 Å². The molecular weight excluding hydrogens is 701 g/mol. The zero-order chi connectivity index (χ0) is 37.6. The summed E-state index contributed by atoms with van der Waals surface area (Å²) < 4.78 is 2.13. The Balaban J connectivity index is 0.794. The highest BCUT2D eigenvalue weighted by Crippen LogP contribution is 2.36. The Morgan fingerprint density at radius 3 is 2.45 bits per heavy atom. The van der Waals surface area contributed by atoms with Gasteiger partial charge in [0.2, 0.25) is 23.6 Å². The van der Waals surface area contributed by atoms with Crippen molar-refractivity contribution >= 4 is 57.5 Å². The Hall–Kier alpha value is -5.51. The second kappa shape index (κ2) is 14.6. The van der Waals surface area contributed by atoms with Crippen molar-refractivity contribution in [2.75, 3.05) is 66.7 Å². The molecule has 5 aliphatic rings. The number of nitrogen functional groups attached to an aromatic ring is 1. The molecule has 4 saturated heterocycles. The zero-order valence-electron chi connectivity index (χ0n) is 31.0. The minimum Gasteiger partial charge on any atom is -0.371 e. The molecular formula is C39H48N12O4. The largest absolute Gasteiger partial charge is 0.371 e. The number of hydrogen-bond acceptors (Lipinski definition) is 11. The lowest BCUT2D eigenvalue weighted by Crippen LogP contribution is -2.52. The number of aromatic nitrogens is 5. The zero-order valence-corrected chi connectivity index (χ0v) is 31.0. The van der Waals surface area contributed by atoms with Crippen molar-refractivity contribution < 1.29 is 19.2 Å². The third-order valence-corrected chi connectivity index (χ3v) is 12.2. The van der Waals surface area contributed by atoms with E-state index >= 15 is 0 Å². The van der Waals surface area contributed by atoms with Gasteiger partial charge in [0.15, 0.2) is 0 Å². The summed E-state index contributed by atoms with van der Waals surface area (Å²) in [5, 5.41) is 17.9. The number of hydrogen-bond donors (Lipinski definition) is 4. The van der Waals surface area contributed by atoms with E-state index in [9.17, 15) is 19.2 Å². The van der Waals surface area contributed by atoms with Gasteiger partial charge >= 0.3 is 0 Å². The number of nitrogens with two attached hydrogens (primary N) is 1. The lowest BCUT2D eigenvalue weighted by Gasteiger charge is -2.38. The Kier molecular flexibility index (Phi) is 9.36. The molecule has 55 heavy (non-hydrogen) atoms. The van der Waals surface area contributed by atoms with Crippen LogP contribution in [0.5, 0.6) is 0 Å². The average Bonchev–Trinajstić information content (AvgIpc) is 3.92. The number of nitrogens with zero attached hydrogens (tertiary/aromatic N) is 8. The van der Waals surface area contributed by atoms with Crippen molar-refractivity contribution in [2.24, 2.45) is 5.92 Å². The SMILES string of the molecule is Nc1n[nH]c(C(=O)Nc2cc3cn(C4CCN(CC5CCN(c6ccc7c(c6)C(=O)N(C6CCC(=O)NC6=O)C7)CC5)CC4)nc3cc2N2CCCCC2)n1. The minimum absolute atomic E-state index is 0.0313. The molecule has 4 amide bonds. The Morgan fingerprint density at radius 1 is 0.909 bits per heavy atom. The third-order valence-electron chi connectivity index (χ3n) is 12.2. The summed E-state index contributed by atoms with van der Waals surface area (Å²) in [5.41, 5.74) is 10.9. The van der Waals surface area contributed by atoms with Crippen molar-refractivity contribution in [3.63, 3.8) is 0 Å². The van der Waals surface area contributed by atoms with Gasteiger partial charge in [-0.1, -0.05) is 6.07 Å². The predicted octanol–water partition coefficient (Wildman–Crippen LogP) is 3.29. The monoisotopic (exact) mass is 748 g/mol. The standard InChI is InChI=1S/C39H48N12O4/c40-39-43-35(44-45-39)37(54)41-31-18-26-23-51(46-30(26)20-33(31)49-12-2-1-3-13-49)27-10-14-47(15-11-27)21-24-8-16-48(17-9-24)28-5-4-25-22-50(38(55)29(25)19-28)32-6-7-34(52)42-36(32)53/h4-5,18-20,23-24,27,32H,1-3,6-17,21-22H2,(H,41,54)(H,42,52,53)(H3,40,43,44,45). The van der Waals surface area contributed by atoms with Gasteiger partial charge in [-0.05, 0) is 87.1 Å². The predicted molar refractivity (Wildman–Crippen MR) is 207 cm³/mol. The molecule has 2 aromatic carbocycles. The van der Waals surface area contributed by atoms with Crippen molar-refractivity contribution in [3.8, 4) is 0 Å². The molecule has 1 unspecified atom stereocenters. The van der Waals surface area contributed by atoms with Crippen LogP contribution in [0.2, 0.25) is 0 Å². The lowest BCUT2D eigenvalue weighted by molar-refractivity contribution is -0.136. The summed E-state index contributed by atoms with van der Waals surface area (Å²) in [5.74, 6) is -0.435. The van der Waals surface area contributed by atoms with E-state index in [4.69, 9.17) is 10.8 Å². The minimum atomic E-state index is -0.597. The van der Waals surface area contributed by atoms with E-state index < -0.39 is 6.04 Å². The van der Waals surface area contributed by atoms with Gasteiger partial charge in [-0.25, -0.2) is 0 Å². The van der Waals surface area contributed by atoms with Crippen LogP contribution in [0.25, 0.3) is 10.9 Å². The molecule has 0 spiro atoms. The van der Waals surface area contributed by atoms with Crippen LogP contribution >= 0.6 is 0 Å². The molecule has 4 aromatic rings. The number of benzene rings is 2. The van der Waals surface area contributed by atoms with Crippen LogP contribution in [0.1, 0.15) is 90.4 Å². The maximum Gasteiger partial charge on any atom is 0.293 e. The number of nitrogens with one attached hydrogen (secondary N) is 3. The number of fused-ring (bicyclic) bond motifs is 2. The average molecular weight is 749 g/mol. The van der Waals surface area contributed by atoms with E-state index in [1.54, 1.807) is 4.90 Å². The van der Waals surface area contributed by atoms with Crippen LogP contribution in [0.4, 0.5) is 23.0 Å². The van der Waals surface area contributed by atoms with Crippen molar-refractivity contribution in [1.29, 1.82) is 0 Å². The van der Waals surface area contributed by atoms with Crippen molar-refractivity contribution in [1.82, 2.24) is 40.1 Å². The first-order valence-electron chi connectivity index (χ1n) is 19.8. The molecule has 2 aromatic heterocycles. The Morgan fingerprint density at radius 2 is 1.71 bits per heavy atom. The second-order valence-electron chi connectivity index (χ2n) is 15.8. The number of H-pyrrole nitrogens is 1. The maximum absolute atomic E-state index is 13.4. The smallest absolute Gasteiger partial charge is 0.293 e. The summed E-state index contributed by atoms with van der Waals surface area (Å²) >= 11 is 0. The van der Waals surface area contributed by atoms with Gasteiger partial charge in [0, 0.05) is 81.6 Å². The number of carbonyl (C=O) groups is 4. The fourth-order valence-electron chi connectivity index (χ4n) is 9.17. The van der Waals surface area contributed by atoms with Gasteiger partial charge < -0.3 is 30.7 Å². The van der Waals surface area contributed by atoms with Crippen LogP contribution in [0, 0.1) is 5.92 Å². The number of likely N-dealkylation sites (tertiary alicyclic amines) is 1. The van der Waals surface area contributed by atoms with E-state index in [0.29, 0.717) is 30.5 Å². The van der Waals surface area contributed by atoms with Crippen molar-refractivity contribution in [3.05, 3.63) is 53.5 Å². The van der Waals surface area contributed by atoms with E-state index in [2.05, 4.69) is 63.5 Å². The molecule has 9 rings (SSSR count). The molecule has 0 bridgehead atoms. The van der Waals surface area contributed by atoms with Crippen LogP contribution in [-0.4, -0.2) is 110 Å². The molecule has 5 aliphatic heterocycles. The molecule has 5 N–H and O–H groups in total. The number of aromatic amines is 1. The molecule has 16 heteroatoms. The highest BCUT2D eigenvalue weighted by molar-refractivity contribution is 6.06. The molecule has 7 heterocycles. The molecule has 16 nitrogen and oxygen atoms in total. The molecule has 0 saturated carbocycles. The maximum atomic E-state index is 13.4. The first-order valence-corrected chi connectivity index (χ1v) is 19.8. The first kappa shape index (κ1) is 35.2. The molecule has 4 fully saturated rings. The van der Waals surface area contributed by atoms with Crippen LogP contribution in [0.3, 0.4) is 0 Å². The van der Waals surface area contributed by atoms with Gasteiger partial charge in [-0.2, -0.15) is 10.1 Å². The summed E-state index contributed by atoms with van der Waals surface area (Å²) in [6.07, 6.45) is 10.4. The number of amides is 4. The first-order chi connectivity index (χ1) is 26.8. The summed E-state index contributed by atoms with van der Waals surface area (Å²) in [4.78, 5) is 63.4. The molecule has 0 radical (unpaired) electrons. The number of anilines is 4. The summed E-state index contributed by atoms with van der Waals surface area (Å²) in [7, 11) is 0. The number of piperidine rings is 4. The van der Waals surface area contributed by atoms with E-state index in [0.717, 1.165) is 118 Å². The quantitative estimate of drug-likeness (QED) is 0.194. The molecule has 288 valence electrons. The number of rotatable bonds is 8. The van der Waals surface area contributed by atoms with Crippen LogP contribution in [0.15, 0.2) is 36.5 Å². The van der Waals surface area contributed by atoms with E-state index in [-0.39, 0.29) is 41.8 Å². The molecule has 0 aliphatic carbocycles.